The number of hydrogen-bond donors (Lipinski definition) is 14. The van der Waals surface area contributed by atoms with Gasteiger partial charge >= 0.3 is 0 Å². The molecule has 1 aliphatic rings. The van der Waals surface area contributed by atoms with Crippen molar-refractivity contribution in [2.75, 3.05) is 26.2 Å². The maximum atomic E-state index is 14.7. The van der Waals surface area contributed by atoms with Crippen LogP contribution >= 0.6 is 0 Å². The Hall–Kier alpha value is -8.45. The van der Waals surface area contributed by atoms with Crippen molar-refractivity contribution < 1.29 is 38.4 Å². The number of aromatic amines is 1. The summed E-state index contributed by atoms with van der Waals surface area (Å²) in [7, 11) is 0. The summed E-state index contributed by atoms with van der Waals surface area (Å²) in [5.41, 5.74) is 40.5. The summed E-state index contributed by atoms with van der Waals surface area (Å²) in [5.74, 6) is -5.92. The van der Waals surface area contributed by atoms with Crippen molar-refractivity contribution in [3.8, 4) is 0 Å². The van der Waals surface area contributed by atoms with E-state index in [1.54, 1.807) is 36.5 Å². The lowest BCUT2D eigenvalue weighted by atomic mass is 10.0. The predicted octanol–water partition coefficient (Wildman–Crippen LogP) is -3.46. The van der Waals surface area contributed by atoms with Gasteiger partial charge < -0.3 is 81.9 Å². The van der Waals surface area contributed by atoms with Crippen LogP contribution in [0.1, 0.15) is 76.3 Å². The Bertz CT molecular complexity index is 2500. The fourth-order valence-electron chi connectivity index (χ4n) is 8.35. The van der Waals surface area contributed by atoms with Crippen molar-refractivity contribution in [1.29, 1.82) is 0 Å². The Morgan fingerprint density at radius 3 is 1.68 bits per heavy atom. The molecule has 0 radical (unpaired) electrons. The van der Waals surface area contributed by atoms with Crippen LogP contribution in [0.15, 0.2) is 75.8 Å². The quantitative estimate of drug-likeness (QED) is 0.0183. The number of benzene rings is 2. The third-order valence-corrected chi connectivity index (χ3v) is 12.0. The van der Waals surface area contributed by atoms with E-state index in [9.17, 15) is 38.4 Å². The van der Waals surface area contributed by atoms with Gasteiger partial charge in [-0.15, -0.1) is 0 Å². The predicted molar refractivity (Wildman–Crippen MR) is 279 cm³/mol. The number of nitrogens with zero attached hydrogens (tertiary/aromatic N) is 4. The van der Waals surface area contributed by atoms with E-state index in [1.807, 2.05) is 24.3 Å². The van der Waals surface area contributed by atoms with Crippen LogP contribution < -0.4 is 72.0 Å². The maximum Gasteiger partial charge on any atom is 0.246 e. The first-order chi connectivity index (χ1) is 35.2. The average Bonchev–Trinajstić information content (AvgIpc) is 4.01. The monoisotopic (exact) mass is 1030 g/mol. The molecule has 26 heteroatoms. The van der Waals surface area contributed by atoms with Gasteiger partial charge in [-0.2, -0.15) is 0 Å². The number of para-hydroxylation sites is 1. The summed E-state index contributed by atoms with van der Waals surface area (Å²) in [6, 6.07) is 7.92. The Balaban J connectivity index is 1.60. The lowest BCUT2D eigenvalue weighted by Crippen LogP contribution is -2.60. The molecule has 2 heterocycles. The third kappa shape index (κ3) is 18.9. The molecule has 0 unspecified atom stereocenters. The molecule has 7 atom stereocenters. The Kier molecular flexibility index (Phi) is 22.9. The molecule has 0 bridgehead atoms. The standard InChI is InChI=1S/C48H72N18O8/c1-27(40(69)62-33(39(49)68)16-8-20-56-46(50)51)60-44(73)38-19-11-23-66(38)45(74)37(24-29-12-4-3-5-13-29)65-42(71)35(18-10-22-58-48(54)55)63-43(72)36(25-30-26-59-32-15-7-6-14-31(30)32)64-41(70)34(61-28(2)67)17-9-21-57-47(52)53/h3-7,12-15,26-27,33-38,59H,8-11,16-25H2,1-2H3,(H2,49,68)(H,60,73)(H,61,67)(H,62,69)(H,63,72)(H,64,70)(H,65,71)(H4,50,51,56)(H4,52,53,57)(H4,54,55,58)/t27-,33-,34-,35-,36-,37-,38-/m0/s1. The van der Waals surface area contributed by atoms with Crippen LogP contribution in [-0.4, -0.2) is 143 Å². The first kappa shape index (κ1) is 58.1. The number of nitrogens with two attached hydrogens (primary N) is 7. The largest absolute Gasteiger partial charge is 0.370 e. The Labute approximate surface area is 428 Å². The van der Waals surface area contributed by atoms with Gasteiger partial charge in [-0.1, -0.05) is 48.5 Å². The molecule has 74 heavy (non-hydrogen) atoms. The van der Waals surface area contributed by atoms with Gasteiger partial charge in [-0.3, -0.25) is 53.3 Å². The van der Waals surface area contributed by atoms with Crippen molar-refractivity contribution in [3.05, 3.63) is 71.9 Å². The lowest BCUT2D eigenvalue weighted by molar-refractivity contribution is -0.142. The van der Waals surface area contributed by atoms with E-state index < -0.39 is 89.6 Å². The van der Waals surface area contributed by atoms with Crippen molar-refractivity contribution >= 4 is 76.0 Å². The van der Waals surface area contributed by atoms with Crippen LogP contribution in [0, 0.1) is 0 Å². The van der Waals surface area contributed by atoms with Crippen molar-refractivity contribution in [1.82, 2.24) is 41.8 Å². The number of nitrogens with one attached hydrogen (secondary N) is 7. The van der Waals surface area contributed by atoms with Crippen LogP contribution in [0.2, 0.25) is 0 Å². The number of guanidine groups is 3. The molecule has 4 rings (SSSR count). The molecule has 0 aliphatic carbocycles. The van der Waals surface area contributed by atoms with Crippen molar-refractivity contribution in [2.24, 2.45) is 55.1 Å². The van der Waals surface area contributed by atoms with Crippen LogP contribution in [0.5, 0.6) is 0 Å². The van der Waals surface area contributed by atoms with Gasteiger partial charge in [0.05, 0.1) is 0 Å². The number of carbonyl (C=O) groups excluding carboxylic acids is 8. The molecule has 21 N–H and O–H groups in total. The molecule has 1 saturated heterocycles. The minimum atomic E-state index is -1.33. The van der Waals surface area contributed by atoms with Crippen molar-refractivity contribution in [3.63, 3.8) is 0 Å². The van der Waals surface area contributed by atoms with Crippen molar-refractivity contribution in [2.45, 2.75) is 120 Å². The van der Waals surface area contributed by atoms with Crippen LogP contribution in [0.3, 0.4) is 0 Å². The molecular formula is C48H72N18O8. The number of fused-ring (bicyclic) bond motifs is 1. The van der Waals surface area contributed by atoms with E-state index >= 15 is 0 Å². The molecule has 0 spiro atoms. The summed E-state index contributed by atoms with van der Waals surface area (Å²) < 4.78 is 0. The number of likely N-dealkylation sites (tertiary alicyclic amines) is 1. The van der Waals surface area contributed by atoms with Gasteiger partial charge in [0, 0.05) is 63.0 Å². The van der Waals surface area contributed by atoms with E-state index in [-0.39, 0.29) is 89.0 Å². The zero-order chi connectivity index (χ0) is 54.3. The summed E-state index contributed by atoms with van der Waals surface area (Å²) in [4.78, 5) is 126. The summed E-state index contributed by atoms with van der Waals surface area (Å²) in [6.07, 6.45) is 3.32. The number of amides is 8. The highest BCUT2D eigenvalue weighted by Gasteiger charge is 2.40. The van der Waals surface area contributed by atoms with E-state index in [4.69, 9.17) is 40.1 Å². The molecule has 3 aromatic rings. The number of aliphatic imine (C=N–C) groups is 3. The minimum absolute atomic E-state index is 0.0195. The number of hydrogen-bond acceptors (Lipinski definition) is 11. The van der Waals surface area contributed by atoms with Gasteiger partial charge in [0.2, 0.25) is 47.3 Å². The zero-order valence-corrected chi connectivity index (χ0v) is 41.8. The Morgan fingerprint density at radius 2 is 1.11 bits per heavy atom. The van der Waals surface area contributed by atoms with E-state index in [0.717, 1.165) is 10.9 Å². The van der Waals surface area contributed by atoms with E-state index in [1.165, 1.54) is 18.7 Å². The normalized spacial score (nSPS) is 15.4. The minimum Gasteiger partial charge on any atom is -0.370 e. The van der Waals surface area contributed by atoms with Gasteiger partial charge in [0.1, 0.15) is 42.3 Å². The summed E-state index contributed by atoms with van der Waals surface area (Å²) in [6.45, 7) is 3.25. The van der Waals surface area contributed by atoms with E-state index in [0.29, 0.717) is 30.4 Å². The zero-order valence-electron chi connectivity index (χ0n) is 41.8. The molecule has 1 aromatic heterocycles. The molecular weight excluding hydrogens is 957 g/mol. The highest BCUT2D eigenvalue weighted by atomic mass is 16.2. The molecule has 402 valence electrons. The molecule has 0 saturated carbocycles. The van der Waals surface area contributed by atoms with Gasteiger partial charge in [-0.05, 0) is 75.5 Å². The second-order valence-electron chi connectivity index (χ2n) is 17.9. The number of H-pyrrole nitrogens is 1. The lowest BCUT2D eigenvalue weighted by Gasteiger charge is -2.31. The molecule has 2 aromatic carbocycles. The Morgan fingerprint density at radius 1 is 0.608 bits per heavy atom. The van der Waals surface area contributed by atoms with Crippen LogP contribution in [0.25, 0.3) is 10.9 Å². The topological polar surface area (TPSA) is 447 Å². The molecule has 1 fully saturated rings. The number of carbonyl (C=O) groups is 8. The smallest absolute Gasteiger partial charge is 0.246 e. The average molecular weight is 1030 g/mol. The first-order valence-corrected chi connectivity index (χ1v) is 24.4. The molecule has 8 amide bonds. The van der Waals surface area contributed by atoms with Crippen LogP contribution in [0.4, 0.5) is 0 Å². The highest BCUT2D eigenvalue weighted by molar-refractivity contribution is 5.98. The second-order valence-corrected chi connectivity index (χ2v) is 17.9. The van der Waals surface area contributed by atoms with E-state index in [2.05, 4.69) is 51.9 Å². The second kappa shape index (κ2) is 29.2. The number of rotatable bonds is 29. The SMILES string of the molecule is CC(=O)N[C@@H](CCCN=C(N)N)C(=O)N[C@@H](Cc1c[nH]c2ccccc12)C(=O)N[C@@H](CCCN=C(N)N)C(=O)N[C@@H](Cc1ccccc1)C(=O)N1CCC[C@H]1C(=O)N[C@@H](C)C(=O)N[C@@H](CCCN=C(N)N)C(N)=O. The summed E-state index contributed by atoms with van der Waals surface area (Å²) in [5, 5.41) is 17.0. The fraction of sp³-hybridized carbons (Fsp3) is 0.479. The third-order valence-electron chi connectivity index (χ3n) is 12.0. The first-order valence-electron chi connectivity index (χ1n) is 24.4. The highest BCUT2D eigenvalue weighted by Crippen LogP contribution is 2.22. The number of primary amides is 1. The molecule has 26 nitrogen and oxygen atoms in total. The van der Waals surface area contributed by atoms with Gasteiger partial charge in [-0.25, -0.2) is 0 Å². The van der Waals surface area contributed by atoms with Gasteiger partial charge in [0.25, 0.3) is 0 Å². The fourth-order valence-corrected chi connectivity index (χ4v) is 8.35. The van der Waals surface area contributed by atoms with Crippen LogP contribution in [-0.2, 0) is 51.2 Å². The number of aromatic nitrogens is 1. The maximum absolute atomic E-state index is 14.7. The van der Waals surface area contributed by atoms with Gasteiger partial charge in [0.15, 0.2) is 17.9 Å². The summed E-state index contributed by atoms with van der Waals surface area (Å²) >= 11 is 0. The molecule has 1 aliphatic heterocycles.